The van der Waals surface area contributed by atoms with Crippen LogP contribution < -0.4 is 5.32 Å². The zero-order chi connectivity index (χ0) is 24.7. The third-order valence-corrected chi connectivity index (χ3v) is 7.78. The molecular weight excluding hydrogens is 462 g/mol. The van der Waals surface area contributed by atoms with E-state index >= 15 is 0 Å². The van der Waals surface area contributed by atoms with Crippen LogP contribution in [0.1, 0.15) is 42.8 Å². The smallest absolute Gasteiger partial charge is 0.236 e. The Morgan fingerprint density at radius 2 is 1.97 bits per heavy atom. The normalized spacial score (nSPS) is 16.0. The molecule has 1 aliphatic heterocycles. The van der Waals surface area contributed by atoms with E-state index in [0.29, 0.717) is 11.7 Å². The first-order valence-electron chi connectivity index (χ1n) is 12.0. The molecule has 2 amide bonds. The van der Waals surface area contributed by atoms with Crippen LogP contribution in [0.2, 0.25) is 0 Å². The number of amides is 2. The van der Waals surface area contributed by atoms with Gasteiger partial charge in [0.1, 0.15) is 0 Å². The molecule has 0 bridgehead atoms. The van der Waals surface area contributed by atoms with Crippen molar-refractivity contribution in [2.45, 2.75) is 45.6 Å². The van der Waals surface area contributed by atoms with Gasteiger partial charge in [0.25, 0.3) is 0 Å². The van der Waals surface area contributed by atoms with Gasteiger partial charge in [-0.25, -0.2) is 4.98 Å². The Labute approximate surface area is 209 Å². The van der Waals surface area contributed by atoms with Gasteiger partial charge < -0.3 is 10.2 Å². The second kappa shape index (κ2) is 9.50. The van der Waals surface area contributed by atoms with E-state index in [-0.39, 0.29) is 17.9 Å². The number of nitrogens with zero attached hydrogens (tertiary/aromatic N) is 6. The van der Waals surface area contributed by atoms with E-state index in [0.717, 1.165) is 72.0 Å². The van der Waals surface area contributed by atoms with E-state index < -0.39 is 0 Å². The number of carbonyl (C=O) groups excluding carboxylic acids is 2. The minimum atomic E-state index is -0.115. The van der Waals surface area contributed by atoms with Gasteiger partial charge in [-0.05, 0) is 44.7 Å². The summed E-state index contributed by atoms with van der Waals surface area (Å²) >= 11 is 1.53. The molecule has 1 N–H and O–H groups in total. The number of hydrogen-bond donors (Lipinski definition) is 1. The Morgan fingerprint density at radius 3 is 2.63 bits per heavy atom. The van der Waals surface area contributed by atoms with Gasteiger partial charge in [-0.1, -0.05) is 11.3 Å². The molecule has 0 spiro atoms. The number of carbonyl (C=O) groups is 2. The maximum absolute atomic E-state index is 12.2. The highest BCUT2D eigenvalue weighted by Crippen LogP contribution is 2.45. The first kappa shape index (κ1) is 23.6. The zero-order valence-electron chi connectivity index (χ0n) is 20.7. The lowest BCUT2D eigenvalue weighted by molar-refractivity contribution is -0.130. The summed E-state index contributed by atoms with van der Waals surface area (Å²) in [5.41, 5.74) is 6.36. The van der Waals surface area contributed by atoms with Crippen molar-refractivity contribution in [2.75, 3.05) is 39.0 Å². The standard InChI is InChI=1S/C25H31N7O2S/c1-15-5-6-17(13-26-15)22-19-7-8-20-24(35-25(28-20)27-16(2)33)23(19)32(29-22)18-9-11-31(12-10-18)14-21(34)30(3)4/h5-6,13,18H,7-12,14H2,1-4H3,(H,27,28,33). The van der Waals surface area contributed by atoms with Crippen LogP contribution in [0.15, 0.2) is 18.3 Å². The molecule has 5 rings (SSSR count). The number of thiazole rings is 1. The predicted molar refractivity (Wildman–Crippen MR) is 136 cm³/mol. The van der Waals surface area contributed by atoms with Gasteiger partial charge >= 0.3 is 0 Å². The van der Waals surface area contributed by atoms with E-state index in [2.05, 4.69) is 25.9 Å². The summed E-state index contributed by atoms with van der Waals surface area (Å²) in [6.07, 6.45) is 5.43. The van der Waals surface area contributed by atoms with Crippen molar-refractivity contribution in [3.8, 4) is 21.8 Å². The lowest BCUT2D eigenvalue weighted by atomic mass is 9.95. The second-order valence-corrected chi connectivity index (χ2v) is 10.6. The molecule has 0 atom stereocenters. The summed E-state index contributed by atoms with van der Waals surface area (Å²) < 4.78 is 2.20. The van der Waals surface area contributed by atoms with E-state index in [1.54, 1.807) is 19.0 Å². The molecule has 2 aliphatic rings. The molecule has 1 saturated heterocycles. The Hall–Kier alpha value is -3.11. The quantitative estimate of drug-likeness (QED) is 0.587. The third kappa shape index (κ3) is 4.72. The topological polar surface area (TPSA) is 96.3 Å². The van der Waals surface area contributed by atoms with Gasteiger partial charge in [0.2, 0.25) is 11.8 Å². The number of fused-ring (bicyclic) bond motifs is 3. The molecule has 10 heteroatoms. The number of aryl methyl sites for hydroxylation is 2. The fraction of sp³-hybridized carbons (Fsp3) is 0.480. The van der Waals surface area contributed by atoms with E-state index in [4.69, 9.17) is 10.1 Å². The monoisotopic (exact) mass is 493 g/mol. The summed E-state index contributed by atoms with van der Waals surface area (Å²) in [5.74, 6) is 0.0183. The number of hydrogen-bond acceptors (Lipinski definition) is 7. The van der Waals surface area contributed by atoms with E-state index in [1.807, 2.05) is 19.2 Å². The summed E-state index contributed by atoms with van der Waals surface area (Å²) in [4.78, 5) is 38.0. The lowest BCUT2D eigenvalue weighted by Gasteiger charge is -2.33. The molecule has 0 radical (unpaired) electrons. The summed E-state index contributed by atoms with van der Waals surface area (Å²) in [6, 6.07) is 4.35. The van der Waals surface area contributed by atoms with Crippen molar-refractivity contribution in [2.24, 2.45) is 0 Å². The number of likely N-dealkylation sites (tertiary alicyclic amines) is 1. The number of piperidine rings is 1. The number of rotatable bonds is 5. The average Bonchev–Trinajstić information content (AvgIpc) is 3.40. The van der Waals surface area contributed by atoms with Crippen LogP contribution in [0.5, 0.6) is 0 Å². The first-order chi connectivity index (χ1) is 16.8. The summed E-state index contributed by atoms with van der Waals surface area (Å²) in [6.45, 7) is 5.66. The number of nitrogens with one attached hydrogen (secondary N) is 1. The van der Waals surface area contributed by atoms with Gasteiger partial charge in [-0.15, -0.1) is 0 Å². The SMILES string of the molecule is CC(=O)Nc1nc2c(s1)-c1c(c(-c3ccc(C)nc3)nn1C1CCN(CC(=O)N(C)C)CC1)CC2. The largest absolute Gasteiger partial charge is 0.348 e. The van der Waals surface area contributed by atoms with Crippen LogP contribution in [0.4, 0.5) is 5.13 Å². The fourth-order valence-corrected chi connectivity index (χ4v) is 5.98. The minimum absolute atomic E-state index is 0.115. The van der Waals surface area contributed by atoms with Gasteiger partial charge in [-0.2, -0.15) is 5.10 Å². The summed E-state index contributed by atoms with van der Waals surface area (Å²) in [7, 11) is 3.60. The van der Waals surface area contributed by atoms with Crippen LogP contribution in [0.3, 0.4) is 0 Å². The maximum Gasteiger partial charge on any atom is 0.236 e. The second-order valence-electron chi connectivity index (χ2n) is 9.58. The number of pyridine rings is 1. The van der Waals surface area contributed by atoms with Crippen molar-refractivity contribution < 1.29 is 9.59 Å². The van der Waals surface area contributed by atoms with E-state index in [1.165, 1.54) is 23.8 Å². The van der Waals surface area contributed by atoms with Crippen molar-refractivity contribution >= 4 is 28.3 Å². The molecular formula is C25H31N7O2S. The van der Waals surface area contributed by atoms with Gasteiger partial charge in [-0.3, -0.25) is 24.2 Å². The van der Waals surface area contributed by atoms with Crippen molar-refractivity contribution in [1.29, 1.82) is 0 Å². The van der Waals surface area contributed by atoms with Gasteiger partial charge in [0.05, 0.1) is 34.5 Å². The van der Waals surface area contributed by atoms with Crippen LogP contribution in [0, 0.1) is 6.92 Å². The number of likely N-dealkylation sites (N-methyl/N-ethyl adjacent to an activating group) is 1. The number of anilines is 1. The molecule has 184 valence electrons. The van der Waals surface area contributed by atoms with Gasteiger partial charge in [0.15, 0.2) is 5.13 Å². The molecule has 0 aromatic carbocycles. The van der Waals surface area contributed by atoms with Crippen molar-refractivity contribution in [3.05, 3.63) is 35.3 Å². The Bertz CT molecular complexity index is 1250. The predicted octanol–water partition coefficient (Wildman–Crippen LogP) is 3.16. The highest BCUT2D eigenvalue weighted by atomic mass is 32.1. The fourth-order valence-electron chi connectivity index (χ4n) is 4.86. The van der Waals surface area contributed by atoms with Crippen LogP contribution in [-0.4, -0.2) is 75.1 Å². The molecule has 0 saturated carbocycles. The number of aromatic nitrogens is 4. The lowest BCUT2D eigenvalue weighted by Crippen LogP contribution is -2.41. The molecule has 3 aromatic rings. The molecule has 4 heterocycles. The van der Waals surface area contributed by atoms with Crippen molar-refractivity contribution in [1.82, 2.24) is 29.5 Å². The summed E-state index contributed by atoms with van der Waals surface area (Å²) in [5, 5.41) is 8.67. The Kier molecular flexibility index (Phi) is 6.41. The molecule has 3 aromatic heterocycles. The van der Waals surface area contributed by atoms with Crippen LogP contribution in [-0.2, 0) is 22.4 Å². The highest BCUT2D eigenvalue weighted by Gasteiger charge is 2.33. The molecule has 9 nitrogen and oxygen atoms in total. The molecule has 1 aliphatic carbocycles. The van der Waals surface area contributed by atoms with Gasteiger partial charge in [0, 0.05) is 57.1 Å². The minimum Gasteiger partial charge on any atom is -0.348 e. The Morgan fingerprint density at radius 1 is 1.20 bits per heavy atom. The molecule has 1 fully saturated rings. The third-order valence-electron chi connectivity index (χ3n) is 6.76. The zero-order valence-corrected chi connectivity index (χ0v) is 21.5. The Balaban J connectivity index is 1.51. The molecule has 0 unspecified atom stereocenters. The first-order valence-corrected chi connectivity index (χ1v) is 12.9. The molecule has 35 heavy (non-hydrogen) atoms. The van der Waals surface area contributed by atoms with Crippen molar-refractivity contribution in [3.63, 3.8) is 0 Å². The van der Waals surface area contributed by atoms with Crippen LogP contribution >= 0.6 is 11.3 Å². The maximum atomic E-state index is 12.2. The van der Waals surface area contributed by atoms with Crippen LogP contribution in [0.25, 0.3) is 21.8 Å². The van der Waals surface area contributed by atoms with E-state index in [9.17, 15) is 9.59 Å². The highest BCUT2D eigenvalue weighted by molar-refractivity contribution is 7.19. The average molecular weight is 494 g/mol.